The number of anilines is 1. The van der Waals surface area contributed by atoms with Crippen molar-refractivity contribution < 1.29 is 24.2 Å². The Morgan fingerprint density at radius 1 is 1.26 bits per heavy atom. The van der Waals surface area contributed by atoms with E-state index in [1.165, 1.54) is 11.3 Å². The number of carbonyl (C=O) groups is 3. The molecule has 27 heavy (non-hydrogen) atoms. The van der Waals surface area contributed by atoms with Crippen LogP contribution in [0.2, 0.25) is 0 Å². The fourth-order valence-corrected chi connectivity index (χ4v) is 5.23. The molecule has 1 aromatic heterocycles. The first-order chi connectivity index (χ1) is 12.9. The molecule has 2 aliphatic carbocycles. The maximum absolute atomic E-state index is 12.8. The van der Waals surface area contributed by atoms with Gasteiger partial charge in [-0.3, -0.25) is 4.79 Å². The lowest BCUT2D eigenvalue weighted by Crippen LogP contribution is -2.41. The number of amides is 1. The van der Waals surface area contributed by atoms with E-state index in [4.69, 9.17) is 4.74 Å². The number of carboxylic acid groups (broad SMARTS) is 1. The van der Waals surface area contributed by atoms with Crippen LogP contribution in [0.5, 0.6) is 0 Å². The van der Waals surface area contributed by atoms with Crippen molar-refractivity contribution in [2.45, 2.75) is 46.0 Å². The van der Waals surface area contributed by atoms with Gasteiger partial charge in [-0.25, -0.2) is 4.79 Å². The summed E-state index contributed by atoms with van der Waals surface area (Å²) in [6, 6.07) is 0. The third kappa shape index (κ3) is 4.08. The van der Waals surface area contributed by atoms with E-state index in [0.717, 1.165) is 29.7 Å². The summed E-state index contributed by atoms with van der Waals surface area (Å²) in [6.45, 7) is 4.17. The number of esters is 1. The molecule has 0 aliphatic heterocycles. The minimum absolute atomic E-state index is 0.257. The summed E-state index contributed by atoms with van der Waals surface area (Å²) in [5.41, 5.74) is 1.40. The molecule has 146 valence electrons. The van der Waals surface area contributed by atoms with E-state index in [9.17, 15) is 19.5 Å². The summed E-state index contributed by atoms with van der Waals surface area (Å²) in [5, 5.41) is 14.7. The zero-order valence-corrected chi connectivity index (χ0v) is 16.4. The van der Waals surface area contributed by atoms with Crippen LogP contribution in [0.4, 0.5) is 5.00 Å². The number of carboxylic acids is 1. The Balaban J connectivity index is 1.89. The zero-order valence-electron chi connectivity index (χ0n) is 15.6. The molecule has 6 nitrogen and oxygen atoms in total. The number of allylic oxidation sites excluding steroid dienone is 2. The van der Waals surface area contributed by atoms with Crippen LogP contribution in [-0.4, -0.2) is 24.5 Å². The Labute approximate surface area is 162 Å². The summed E-state index contributed by atoms with van der Waals surface area (Å²) >= 11 is 1.41. The highest BCUT2D eigenvalue weighted by Gasteiger charge is 2.33. The lowest BCUT2D eigenvalue weighted by atomic mass is 9.82. The highest BCUT2D eigenvalue weighted by Crippen LogP contribution is 2.40. The fraction of sp³-hybridized carbons (Fsp3) is 0.550. The van der Waals surface area contributed by atoms with E-state index in [1.807, 2.05) is 6.08 Å². The molecule has 2 aliphatic rings. The van der Waals surface area contributed by atoms with Crippen LogP contribution in [0.15, 0.2) is 12.2 Å². The summed E-state index contributed by atoms with van der Waals surface area (Å²) in [7, 11) is 0. The van der Waals surface area contributed by atoms with Crippen LogP contribution in [0, 0.1) is 17.8 Å². The van der Waals surface area contributed by atoms with Gasteiger partial charge in [-0.05, 0) is 50.5 Å². The van der Waals surface area contributed by atoms with Crippen molar-refractivity contribution >= 4 is 34.2 Å². The van der Waals surface area contributed by atoms with E-state index in [-0.39, 0.29) is 18.9 Å². The third-order valence-corrected chi connectivity index (χ3v) is 6.47. The number of aliphatic carboxylic acids is 1. The Hall–Kier alpha value is -2.15. The van der Waals surface area contributed by atoms with Gasteiger partial charge in [0.15, 0.2) is 0 Å². The van der Waals surface area contributed by atoms with Crippen molar-refractivity contribution in [3.8, 4) is 0 Å². The van der Waals surface area contributed by atoms with Crippen LogP contribution in [0.3, 0.4) is 0 Å². The van der Waals surface area contributed by atoms with Crippen LogP contribution < -0.4 is 10.4 Å². The van der Waals surface area contributed by atoms with E-state index >= 15 is 0 Å². The number of rotatable bonds is 5. The highest BCUT2D eigenvalue weighted by atomic mass is 32.1. The molecule has 1 amide bonds. The molecule has 7 heteroatoms. The molecule has 0 spiro atoms. The van der Waals surface area contributed by atoms with E-state index in [2.05, 4.69) is 12.2 Å². The number of carbonyl (C=O) groups excluding carboxylic acids is 3. The smallest absolute Gasteiger partial charge is 0.341 e. The average molecular weight is 390 g/mol. The molecule has 0 aromatic carbocycles. The maximum Gasteiger partial charge on any atom is 0.341 e. The lowest BCUT2D eigenvalue weighted by Gasteiger charge is -2.28. The van der Waals surface area contributed by atoms with Gasteiger partial charge in [-0.15, -0.1) is 11.3 Å². The van der Waals surface area contributed by atoms with Crippen LogP contribution in [0.1, 0.15) is 53.9 Å². The standard InChI is InChI=1S/C20H25NO5S/c1-3-26-20(25)16-14-9-8-11(2)10-15(14)27-18(16)21-17(22)12-6-4-5-7-13(12)19(23)24/h4-5,11-13H,3,6-10H2,1-2H3,(H,21,22)(H,23,24)/p-1/t11-,12+,13-/m1/s1. The first kappa shape index (κ1) is 19.6. The number of ether oxygens (including phenoxy) is 1. The molecule has 3 rings (SSSR count). The normalized spacial score (nSPS) is 24.1. The highest BCUT2D eigenvalue weighted by molar-refractivity contribution is 7.17. The predicted octanol–water partition coefficient (Wildman–Crippen LogP) is 2.32. The van der Waals surface area contributed by atoms with Crippen molar-refractivity contribution in [1.82, 2.24) is 0 Å². The minimum atomic E-state index is -1.22. The van der Waals surface area contributed by atoms with Gasteiger partial charge >= 0.3 is 5.97 Å². The van der Waals surface area contributed by atoms with Crippen molar-refractivity contribution in [2.24, 2.45) is 17.8 Å². The van der Waals surface area contributed by atoms with Crippen molar-refractivity contribution in [1.29, 1.82) is 0 Å². The molecule has 3 atom stereocenters. The van der Waals surface area contributed by atoms with Gasteiger partial charge in [0.05, 0.1) is 18.1 Å². The Bertz CT molecular complexity index is 782. The number of hydrogen-bond acceptors (Lipinski definition) is 6. The summed E-state index contributed by atoms with van der Waals surface area (Å²) in [4.78, 5) is 37.8. The number of hydrogen-bond donors (Lipinski definition) is 1. The minimum Gasteiger partial charge on any atom is -0.550 e. The van der Waals surface area contributed by atoms with Gasteiger partial charge in [-0.1, -0.05) is 19.1 Å². The van der Waals surface area contributed by atoms with Gasteiger partial charge in [0.2, 0.25) is 5.91 Å². The number of thiophene rings is 1. The van der Waals surface area contributed by atoms with Crippen molar-refractivity contribution in [3.63, 3.8) is 0 Å². The monoisotopic (exact) mass is 390 g/mol. The topological polar surface area (TPSA) is 95.5 Å². The van der Waals surface area contributed by atoms with Crippen LogP contribution >= 0.6 is 11.3 Å². The zero-order chi connectivity index (χ0) is 19.6. The molecule has 0 bridgehead atoms. The van der Waals surface area contributed by atoms with E-state index in [0.29, 0.717) is 22.9 Å². The second-order valence-corrected chi connectivity index (χ2v) is 8.35. The van der Waals surface area contributed by atoms with Crippen LogP contribution in [0.25, 0.3) is 0 Å². The molecule has 0 unspecified atom stereocenters. The van der Waals surface area contributed by atoms with E-state index in [1.54, 1.807) is 13.0 Å². The lowest BCUT2D eigenvalue weighted by molar-refractivity contribution is -0.313. The van der Waals surface area contributed by atoms with Gasteiger partial charge in [0.1, 0.15) is 5.00 Å². The molecule has 1 heterocycles. The molecule has 0 radical (unpaired) electrons. The SMILES string of the molecule is CCOC(=O)c1c(NC(=O)[C@H]2CC=CC[C@H]2C(=O)[O-])sc2c1CC[C@@H](C)C2. The van der Waals surface area contributed by atoms with Crippen molar-refractivity contribution in [2.75, 3.05) is 11.9 Å². The molecule has 0 fully saturated rings. The predicted molar refractivity (Wildman–Crippen MR) is 100 cm³/mol. The third-order valence-electron chi connectivity index (χ3n) is 5.30. The fourth-order valence-electron chi connectivity index (χ4n) is 3.83. The molecular formula is C20H24NO5S-. The Morgan fingerprint density at radius 2 is 1.96 bits per heavy atom. The van der Waals surface area contributed by atoms with Crippen molar-refractivity contribution in [3.05, 3.63) is 28.2 Å². The van der Waals surface area contributed by atoms with Gasteiger partial charge in [0.25, 0.3) is 0 Å². The first-order valence-corrected chi connectivity index (χ1v) is 10.2. The number of fused-ring (bicyclic) bond motifs is 1. The molecular weight excluding hydrogens is 366 g/mol. The molecule has 1 N–H and O–H groups in total. The summed E-state index contributed by atoms with van der Waals surface area (Å²) in [6.07, 6.45) is 6.85. The molecule has 0 saturated heterocycles. The largest absolute Gasteiger partial charge is 0.550 e. The average Bonchev–Trinajstić information content (AvgIpc) is 2.98. The molecule has 0 saturated carbocycles. The second kappa shape index (κ2) is 8.25. The molecule has 1 aromatic rings. The number of nitrogens with one attached hydrogen (secondary N) is 1. The second-order valence-electron chi connectivity index (χ2n) is 7.24. The summed E-state index contributed by atoms with van der Waals surface area (Å²) < 4.78 is 5.21. The first-order valence-electron chi connectivity index (χ1n) is 9.40. The van der Waals surface area contributed by atoms with E-state index < -0.39 is 23.8 Å². The maximum atomic E-state index is 12.8. The van der Waals surface area contributed by atoms with Gasteiger partial charge < -0.3 is 20.0 Å². The van der Waals surface area contributed by atoms with Gasteiger partial charge in [-0.2, -0.15) is 0 Å². The Morgan fingerprint density at radius 3 is 2.63 bits per heavy atom. The quantitative estimate of drug-likeness (QED) is 0.615. The van der Waals surface area contributed by atoms with Gasteiger partial charge in [0, 0.05) is 16.8 Å². The van der Waals surface area contributed by atoms with Crippen LogP contribution in [-0.2, 0) is 27.2 Å². The Kier molecular flexibility index (Phi) is 5.99. The summed E-state index contributed by atoms with van der Waals surface area (Å²) in [5.74, 6) is -3.06.